The van der Waals surface area contributed by atoms with Gasteiger partial charge in [-0.15, -0.1) is 11.3 Å². The zero-order chi connectivity index (χ0) is 20.5. The van der Waals surface area contributed by atoms with Gasteiger partial charge in [0.1, 0.15) is 6.54 Å². The number of carbonyl (C=O) groups is 2. The van der Waals surface area contributed by atoms with Gasteiger partial charge < -0.3 is 20.4 Å². The lowest BCUT2D eigenvalue weighted by Gasteiger charge is -2.36. The Bertz CT molecular complexity index is 651. The second-order valence-electron chi connectivity index (χ2n) is 7.35. The number of nitrogens with one attached hydrogen (secondary N) is 2. The Hall–Kier alpha value is -2.13. The predicted octanol–water partition coefficient (Wildman–Crippen LogP) is 0.424. The van der Waals surface area contributed by atoms with E-state index in [1.807, 2.05) is 25.3 Å². The van der Waals surface area contributed by atoms with Crippen molar-refractivity contribution in [3.8, 4) is 0 Å². The molecular weight excluding hydrogens is 376 g/mol. The summed E-state index contributed by atoms with van der Waals surface area (Å²) in [6.07, 6.45) is 0. The lowest BCUT2D eigenvalue weighted by atomic mass is 10.3. The number of guanidine groups is 1. The maximum absolute atomic E-state index is 12.0. The highest BCUT2D eigenvalue weighted by Crippen LogP contribution is 2.09. The number of piperazine rings is 1. The van der Waals surface area contributed by atoms with Gasteiger partial charge >= 0.3 is 0 Å². The second-order valence-corrected chi connectivity index (χ2v) is 8.38. The first-order valence-corrected chi connectivity index (χ1v) is 10.5. The number of nitrogens with zero attached hydrogens (tertiary/aromatic N) is 4. The van der Waals surface area contributed by atoms with Crippen LogP contribution in [-0.2, 0) is 16.1 Å². The number of hydrogen-bond donors (Lipinski definition) is 2. The number of likely N-dealkylation sites (N-methyl/N-ethyl adjacent to an activating group) is 1. The van der Waals surface area contributed by atoms with Crippen LogP contribution in [0.5, 0.6) is 0 Å². The lowest BCUT2D eigenvalue weighted by Crippen LogP contribution is -2.54. The van der Waals surface area contributed by atoms with Gasteiger partial charge in [-0.25, -0.2) is 4.99 Å². The third kappa shape index (κ3) is 7.47. The van der Waals surface area contributed by atoms with Crippen LogP contribution in [0.15, 0.2) is 22.5 Å². The lowest BCUT2D eigenvalue weighted by molar-refractivity contribution is -0.127. The summed E-state index contributed by atoms with van der Waals surface area (Å²) in [5, 5.41) is 8.36. The molecule has 0 spiro atoms. The Morgan fingerprint density at radius 3 is 2.54 bits per heavy atom. The number of aliphatic imine (C=N–C) groups is 1. The molecule has 0 bridgehead atoms. The van der Waals surface area contributed by atoms with E-state index < -0.39 is 0 Å². The zero-order valence-corrected chi connectivity index (χ0v) is 18.1. The predicted molar refractivity (Wildman–Crippen MR) is 113 cm³/mol. The van der Waals surface area contributed by atoms with Crippen LogP contribution in [0.1, 0.15) is 18.7 Å². The van der Waals surface area contributed by atoms with Crippen molar-refractivity contribution in [3.63, 3.8) is 0 Å². The Balaban J connectivity index is 1.92. The molecule has 2 heterocycles. The monoisotopic (exact) mass is 408 g/mol. The standard InChI is InChI=1S/C19H32N6O2S/c1-15(2)22-17(26)14-24-7-9-25(10-8-24)19(21-13-18(27)23(3)4)20-12-16-6-5-11-28-16/h5-6,11,15H,7-10,12-14H2,1-4H3,(H,20,21)(H,22,26). The number of hydrogen-bond acceptors (Lipinski definition) is 5. The summed E-state index contributed by atoms with van der Waals surface area (Å²) in [6, 6.07) is 4.25. The maximum Gasteiger partial charge on any atom is 0.243 e. The first-order chi connectivity index (χ1) is 13.3. The molecule has 0 saturated carbocycles. The Morgan fingerprint density at radius 2 is 1.96 bits per heavy atom. The summed E-state index contributed by atoms with van der Waals surface area (Å²) in [5.74, 6) is 0.777. The van der Waals surface area contributed by atoms with Gasteiger partial charge in [0, 0.05) is 51.2 Å². The number of amides is 2. The molecule has 0 aliphatic carbocycles. The first kappa shape index (κ1) is 22.2. The van der Waals surface area contributed by atoms with Crippen molar-refractivity contribution in [1.82, 2.24) is 25.3 Å². The van der Waals surface area contributed by atoms with Crippen LogP contribution in [0.4, 0.5) is 0 Å². The average Bonchev–Trinajstić information content (AvgIpc) is 3.15. The van der Waals surface area contributed by atoms with E-state index in [0.717, 1.165) is 32.1 Å². The minimum atomic E-state index is -0.0283. The fourth-order valence-corrected chi connectivity index (χ4v) is 3.46. The summed E-state index contributed by atoms with van der Waals surface area (Å²) in [4.78, 5) is 35.5. The third-order valence-electron chi connectivity index (χ3n) is 4.35. The van der Waals surface area contributed by atoms with E-state index in [1.54, 1.807) is 30.3 Å². The highest BCUT2D eigenvalue weighted by Gasteiger charge is 2.22. The molecule has 1 aromatic heterocycles. The zero-order valence-electron chi connectivity index (χ0n) is 17.3. The summed E-state index contributed by atoms with van der Waals surface area (Å²) in [5.41, 5.74) is 0. The summed E-state index contributed by atoms with van der Waals surface area (Å²) in [7, 11) is 3.47. The van der Waals surface area contributed by atoms with Gasteiger partial charge in [-0.05, 0) is 25.3 Å². The van der Waals surface area contributed by atoms with Crippen molar-refractivity contribution < 1.29 is 9.59 Å². The van der Waals surface area contributed by atoms with Crippen molar-refractivity contribution in [2.24, 2.45) is 4.99 Å². The van der Waals surface area contributed by atoms with Crippen molar-refractivity contribution in [3.05, 3.63) is 22.4 Å². The Morgan fingerprint density at radius 1 is 1.25 bits per heavy atom. The van der Waals surface area contributed by atoms with E-state index in [0.29, 0.717) is 13.1 Å². The number of rotatable bonds is 7. The first-order valence-electron chi connectivity index (χ1n) is 9.62. The highest BCUT2D eigenvalue weighted by atomic mass is 32.1. The molecule has 28 heavy (non-hydrogen) atoms. The minimum Gasteiger partial charge on any atom is -0.353 e. The van der Waals surface area contributed by atoms with Crippen LogP contribution >= 0.6 is 11.3 Å². The van der Waals surface area contributed by atoms with E-state index in [9.17, 15) is 9.59 Å². The highest BCUT2D eigenvalue weighted by molar-refractivity contribution is 7.09. The fourth-order valence-electron chi connectivity index (χ4n) is 2.82. The molecule has 2 N–H and O–H groups in total. The fraction of sp³-hybridized carbons (Fsp3) is 0.632. The molecule has 1 fully saturated rings. The van der Waals surface area contributed by atoms with E-state index in [4.69, 9.17) is 0 Å². The van der Waals surface area contributed by atoms with Gasteiger partial charge in [-0.3, -0.25) is 14.5 Å². The molecule has 0 radical (unpaired) electrons. The molecule has 2 rings (SSSR count). The SMILES string of the molecule is CC(C)NC(=O)CN1CCN(C(=NCC(=O)N(C)C)NCc2cccs2)CC1. The topological polar surface area (TPSA) is 80.3 Å². The molecule has 1 saturated heterocycles. The second kappa shape index (κ2) is 11.0. The van der Waals surface area contributed by atoms with Gasteiger partial charge in [-0.1, -0.05) is 6.07 Å². The molecule has 1 aromatic rings. The average molecular weight is 409 g/mol. The van der Waals surface area contributed by atoms with Crippen molar-refractivity contribution in [2.75, 3.05) is 53.4 Å². The van der Waals surface area contributed by atoms with Crippen molar-refractivity contribution >= 4 is 29.1 Å². The maximum atomic E-state index is 12.0. The summed E-state index contributed by atoms with van der Waals surface area (Å²) in [6.45, 7) is 8.25. The van der Waals surface area contributed by atoms with Crippen LogP contribution in [0, 0.1) is 0 Å². The molecule has 0 unspecified atom stereocenters. The molecule has 1 aliphatic heterocycles. The number of carbonyl (C=O) groups excluding carboxylic acids is 2. The van der Waals surface area contributed by atoms with Crippen molar-refractivity contribution in [1.29, 1.82) is 0 Å². The minimum absolute atomic E-state index is 0.0283. The van der Waals surface area contributed by atoms with Crippen LogP contribution in [0.25, 0.3) is 0 Å². The molecular formula is C19H32N6O2S. The van der Waals surface area contributed by atoms with Crippen LogP contribution in [0.3, 0.4) is 0 Å². The molecule has 0 aromatic carbocycles. The normalized spacial score (nSPS) is 15.6. The van der Waals surface area contributed by atoms with Gasteiger partial charge in [0.25, 0.3) is 0 Å². The molecule has 156 valence electrons. The molecule has 0 atom stereocenters. The third-order valence-corrected chi connectivity index (χ3v) is 5.23. The molecule has 8 nitrogen and oxygen atoms in total. The largest absolute Gasteiger partial charge is 0.353 e. The van der Waals surface area contributed by atoms with Crippen LogP contribution in [0.2, 0.25) is 0 Å². The van der Waals surface area contributed by atoms with Gasteiger partial charge in [0.15, 0.2) is 5.96 Å². The van der Waals surface area contributed by atoms with Gasteiger partial charge in [0.2, 0.25) is 11.8 Å². The van der Waals surface area contributed by atoms with Crippen LogP contribution < -0.4 is 10.6 Å². The van der Waals surface area contributed by atoms with E-state index in [-0.39, 0.29) is 24.4 Å². The Labute approximate surface area is 171 Å². The molecule has 9 heteroatoms. The van der Waals surface area contributed by atoms with E-state index >= 15 is 0 Å². The van der Waals surface area contributed by atoms with Crippen molar-refractivity contribution in [2.45, 2.75) is 26.4 Å². The quantitative estimate of drug-likeness (QED) is 0.505. The summed E-state index contributed by atoms with van der Waals surface area (Å²) >= 11 is 1.69. The van der Waals surface area contributed by atoms with E-state index in [1.165, 1.54) is 4.88 Å². The number of thiophene rings is 1. The smallest absolute Gasteiger partial charge is 0.243 e. The summed E-state index contributed by atoms with van der Waals surface area (Å²) < 4.78 is 0. The van der Waals surface area contributed by atoms with Gasteiger partial charge in [0.05, 0.1) is 13.1 Å². The molecule has 2 amide bonds. The molecule has 1 aliphatic rings. The van der Waals surface area contributed by atoms with Crippen LogP contribution in [-0.4, -0.2) is 91.9 Å². The van der Waals surface area contributed by atoms with E-state index in [2.05, 4.69) is 31.5 Å². The Kier molecular flexibility index (Phi) is 8.72. The van der Waals surface area contributed by atoms with Gasteiger partial charge in [-0.2, -0.15) is 0 Å².